The van der Waals surface area contributed by atoms with Crippen molar-refractivity contribution < 1.29 is 9.53 Å². The minimum atomic E-state index is -0.106. The molecular formula is C15H21N3O3S2. The molecule has 1 atom stereocenters. The molecule has 6 nitrogen and oxygen atoms in total. The standard InChI is InChI=1S/C15H21N3O3S2/c1-8(5-21-4)16-12(19)7-22-6-11-17-14(20)13-9(2)10(3)23-15(13)18-11/h8H,5-7H2,1-4H3,(H,16,19)(H,17,18,20)/t8-/m0/s1. The normalized spacial score (nSPS) is 12.5. The number of nitrogens with zero attached hydrogens (tertiary/aromatic N) is 1. The van der Waals surface area contributed by atoms with Gasteiger partial charge in [-0.3, -0.25) is 9.59 Å². The highest BCUT2D eigenvalue weighted by Crippen LogP contribution is 2.26. The number of H-pyrrole nitrogens is 1. The maximum Gasteiger partial charge on any atom is 0.259 e. The Morgan fingerprint density at radius 2 is 2.22 bits per heavy atom. The Bertz CT molecular complexity index is 754. The Kier molecular flexibility index (Phi) is 6.20. The first-order valence-electron chi connectivity index (χ1n) is 7.27. The molecule has 0 spiro atoms. The number of thiophene rings is 1. The quantitative estimate of drug-likeness (QED) is 0.793. The van der Waals surface area contributed by atoms with Gasteiger partial charge in [0, 0.05) is 18.0 Å². The van der Waals surface area contributed by atoms with E-state index in [-0.39, 0.29) is 17.5 Å². The van der Waals surface area contributed by atoms with Gasteiger partial charge in [-0.1, -0.05) is 0 Å². The van der Waals surface area contributed by atoms with E-state index in [1.54, 1.807) is 7.11 Å². The second kappa shape index (κ2) is 7.94. The van der Waals surface area contributed by atoms with Crippen LogP contribution in [-0.4, -0.2) is 41.4 Å². The maximum absolute atomic E-state index is 12.2. The minimum Gasteiger partial charge on any atom is -0.383 e. The van der Waals surface area contributed by atoms with Crippen LogP contribution in [0.25, 0.3) is 10.2 Å². The molecule has 2 N–H and O–H groups in total. The number of carbonyl (C=O) groups is 1. The molecule has 0 bridgehead atoms. The Labute approximate surface area is 143 Å². The van der Waals surface area contributed by atoms with E-state index >= 15 is 0 Å². The zero-order valence-electron chi connectivity index (χ0n) is 13.7. The second-order valence-corrected chi connectivity index (χ2v) is 7.58. The van der Waals surface area contributed by atoms with E-state index in [9.17, 15) is 9.59 Å². The lowest BCUT2D eigenvalue weighted by Gasteiger charge is -2.12. The Morgan fingerprint density at radius 1 is 1.48 bits per heavy atom. The van der Waals surface area contributed by atoms with E-state index in [1.165, 1.54) is 23.1 Å². The number of hydrogen-bond acceptors (Lipinski definition) is 6. The van der Waals surface area contributed by atoms with Crippen LogP contribution >= 0.6 is 23.1 Å². The first kappa shape index (κ1) is 18.0. The summed E-state index contributed by atoms with van der Waals surface area (Å²) in [5, 5.41) is 3.52. The Morgan fingerprint density at radius 3 is 2.91 bits per heavy atom. The number of aromatic amines is 1. The Hall–Kier alpha value is -1.38. The molecule has 0 saturated heterocycles. The van der Waals surface area contributed by atoms with Crippen molar-refractivity contribution in [3.63, 3.8) is 0 Å². The largest absolute Gasteiger partial charge is 0.383 e. The number of methoxy groups -OCH3 is 1. The molecule has 2 aromatic heterocycles. The number of aromatic nitrogens is 2. The zero-order valence-corrected chi connectivity index (χ0v) is 15.3. The van der Waals surface area contributed by atoms with Crippen LogP contribution in [-0.2, 0) is 15.3 Å². The van der Waals surface area contributed by atoms with Crippen LogP contribution in [0.2, 0.25) is 0 Å². The van der Waals surface area contributed by atoms with E-state index in [4.69, 9.17) is 4.74 Å². The summed E-state index contributed by atoms with van der Waals surface area (Å²) in [6.07, 6.45) is 0. The van der Waals surface area contributed by atoms with Gasteiger partial charge >= 0.3 is 0 Å². The fourth-order valence-electron chi connectivity index (χ4n) is 2.22. The lowest BCUT2D eigenvalue weighted by atomic mass is 10.2. The molecule has 2 aromatic rings. The predicted octanol–water partition coefficient (Wildman–Crippen LogP) is 1.99. The summed E-state index contributed by atoms with van der Waals surface area (Å²) in [5.41, 5.74) is 0.884. The van der Waals surface area contributed by atoms with Gasteiger partial charge in [0.05, 0.1) is 23.5 Å². The van der Waals surface area contributed by atoms with Gasteiger partial charge in [-0.25, -0.2) is 4.98 Å². The first-order valence-corrected chi connectivity index (χ1v) is 9.24. The van der Waals surface area contributed by atoms with E-state index in [0.717, 1.165) is 15.3 Å². The molecule has 8 heteroatoms. The summed E-state index contributed by atoms with van der Waals surface area (Å²) < 4.78 is 4.97. The summed E-state index contributed by atoms with van der Waals surface area (Å²) in [5.74, 6) is 1.36. The number of amides is 1. The van der Waals surface area contributed by atoms with Crippen molar-refractivity contribution in [3.8, 4) is 0 Å². The number of aryl methyl sites for hydroxylation is 2. The topological polar surface area (TPSA) is 84.1 Å². The van der Waals surface area contributed by atoms with Crippen LogP contribution in [0, 0.1) is 13.8 Å². The fraction of sp³-hybridized carbons (Fsp3) is 0.533. The molecule has 0 fully saturated rings. The summed E-state index contributed by atoms with van der Waals surface area (Å²) in [7, 11) is 1.60. The summed E-state index contributed by atoms with van der Waals surface area (Å²) in [4.78, 5) is 33.1. The molecule has 2 rings (SSSR count). The number of thioether (sulfide) groups is 1. The number of ether oxygens (including phenoxy) is 1. The van der Waals surface area contributed by atoms with Gasteiger partial charge < -0.3 is 15.0 Å². The van der Waals surface area contributed by atoms with Gasteiger partial charge in [0.2, 0.25) is 5.91 Å². The number of hydrogen-bond donors (Lipinski definition) is 2. The molecule has 0 aliphatic carbocycles. The average Bonchev–Trinajstić information content (AvgIpc) is 2.74. The van der Waals surface area contributed by atoms with E-state index in [1.807, 2.05) is 20.8 Å². The summed E-state index contributed by atoms with van der Waals surface area (Å²) in [6.45, 7) is 6.30. The Balaban J connectivity index is 1.95. The van der Waals surface area contributed by atoms with Crippen molar-refractivity contribution in [2.45, 2.75) is 32.6 Å². The van der Waals surface area contributed by atoms with E-state index in [2.05, 4.69) is 15.3 Å². The highest BCUT2D eigenvalue weighted by atomic mass is 32.2. The molecule has 2 heterocycles. The zero-order chi connectivity index (χ0) is 17.0. The fourth-order valence-corrected chi connectivity index (χ4v) is 3.97. The van der Waals surface area contributed by atoms with Gasteiger partial charge in [0.1, 0.15) is 10.7 Å². The molecule has 0 radical (unpaired) electrons. The van der Waals surface area contributed by atoms with E-state index in [0.29, 0.717) is 29.3 Å². The van der Waals surface area contributed by atoms with Crippen LogP contribution in [0.3, 0.4) is 0 Å². The van der Waals surface area contributed by atoms with Crippen LogP contribution < -0.4 is 10.9 Å². The van der Waals surface area contributed by atoms with Crippen LogP contribution in [0.5, 0.6) is 0 Å². The van der Waals surface area contributed by atoms with Crippen LogP contribution in [0.4, 0.5) is 0 Å². The molecule has 1 amide bonds. The lowest BCUT2D eigenvalue weighted by Crippen LogP contribution is -2.36. The average molecular weight is 355 g/mol. The van der Waals surface area contributed by atoms with Gasteiger partial charge in [-0.05, 0) is 26.3 Å². The molecule has 0 aromatic carbocycles. The molecule has 0 saturated carbocycles. The highest BCUT2D eigenvalue weighted by molar-refractivity contribution is 7.99. The van der Waals surface area contributed by atoms with Crippen molar-refractivity contribution in [3.05, 3.63) is 26.6 Å². The van der Waals surface area contributed by atoms with Crippen molar-refractivity contribution in [1.29, 1.82) is 0 Å². The third kappa shape index (κ3) is 4.55. The molecule has 0 aliphatic heterocycles. The maximum atomic E-state index is 12.2. The van der Waals surface area contributed by atoms with Gasteiger partial charge in [-0.15, -0.1) is 23.1 Å². The minimum absolute atomic E-state index is 0.0144. The summed E-state index contributed by atoms with van der Waals surface area (Å²) >= 11 is 2.95. The van der Waals surface area contributed by atoms with Crippen LogP contribution in [0.15, 0.2) is 4.79 Å². The number of nitrogens with one attached hydrogen (secondary N) is 2. The monoisotopic (exact) mass is 355 g/mol. The van der Waals surface area contributed by atoms with Gasteiger partial charge in [0.25, 0.3) is 5.56 Å². The number of fused-ring (bicyclic) bond motifs is 1. The molecule has 23 heavy (non-hydrogen) atoms. The third-order valence-corrected chi connectivity index (χ3v) is 5.43. The SMILES string of the molecule is COC[C@H](C)NC(=O)CSCc1nc2sc(C)c(C)c2c(=O)[nH]1. The van der Waals surface area contributed by atoms with E-state index < -0.39 is 0 Å². The molecule has 0 aliphatic rings. The molecule has 0 unspecified atom stereocenters. The third-order valence-electron chi connectivity index (χ3n) is 3.38. The van der Waals surface area contributed by atoms with Gasteiger partial charge in [-0.2, -0.15) is 0 Å². The number of carbonyl (C=O) groups excluding carboxylic acids is 1. The smallest absolute Gasteiger partial charge is 0.259 e. The van der Waals surface area contributed by atoms with Crippen LogP contribution in [0.1, 0.15) is 23.2 Å². The molecule has 126 valence electrons. The molecular weight excluding hydrogens is 334 g/mol. The predicted molar refractivity (Wildman–Crippen MR) is 95.4 cm³/mol. The van der Waals surface area contributed by atoms with Crippen molar-refractivity contribution in [2.75, 3.05) is 19.5 Å². The lowest BCUT2D eigenvalue weighted by molar-refractivity contribution is -0.119. The number of rotatable bonds is 7. The van der Waals surface area contributed by atoms with Crippen molar-refractivity contribution >= 4 is 39.2 Å². The van der Waals surface area contributed by atoms with Gasteiger partial charge in [0.15, 0.2) is 0 Å². The van der Waals surface area contributed by atoms with Crippen molar-refractivity contribution in [1.82, 2.24) is 15.3 Å². The second-order valence-electron chi connectivity index (χ2n) is 5.39. The summed E-state index contributed by atoms with van der Waals surface area (Å²) in [6, 6.07) is -0.0144. The van der Waals surface area contributed by atoms with Crippen molar-refractivity contribution in [2.24, 2.45) is 0 Å². The first-order chi connectivity index (χ1) is 10.9. The highest BCUT2D eigenvalue weighted by Gasteiger charge is 2.12.